The predicted octanol–water partition coefficient (Wildman–Crippen LogP) is 5.90. The molecule has 0 radical (unpaired) electrons. The molecule has 4 rings (SSSR count). The fourth-order valence-electron chi connectivity index (χ4n) is 2.77. The molecule has 1 N–H and O–H groups in total. The van der Waals surface area contributed by atoms with Gasteiger partial charge in [0.2, 0.25) is 5.82 Å². The summed E-state index contributed by atoms with van der Waals surface area (Å²) in [7, 11) is 0. The van der Waals surface area contributed by atoms with Crippen molar-refractivity contribution in [3.05, 3.63) is 50.7 Å². The number of fused-ring (bicyclic) bond motifs is 1. The van der Waals surface area contributed by atoms with Crippen molar-refractivity contribution in [1.82, 2.24) is 19.5 Å². The molecule has 3 aromatic heterocycles. The lowest BCUT2D eigenvalue weighted by atomic mass is 10.2. The van der Waals surface area contributed by atoms with Crippen molar-refractivity contribution in [3.8, 4) is 28.7 Å². The van der Waals surface area contributed by atoms with Gasteiger partial charge in [-0.05, 0) is 35.0 Å². The number of benzene rings is 1. The lowest BCUT2D eigenvalue weighted by Gasteiger charge is -2.11. The highest BCUT2D eigenvalue weighted by Crippen LogP contribution is 2.37. The minimum absolute atomic E-state index is 0.0224. The summed E-state index contributed by atoms with van der Waals surface area (Å²) in [6, 6.07) is 3.87. The number of hydrogen-bond acceptors (Lipinski definition) is 6. The van der Waals surface area contributed by atoms with E-state index in [1.54, 1.807) is 6.92 Å². The normalized spacial score (nSPS) is 13.0. The number of rotatable bonds is 5. The van der Waals surface area contributed by atoms with E-state index >= 15 is 0 Å². The van der Waals surface area contributed by atoms with E-state index in [4.69, 9.17) is 32.5 Å². The van der Waals surface area contributed by atoms with Gasteiger partial charge in [0, 0.05) is 24.0 Å². The van der Waals surface area contributed by atoms with Crippen molar-refractivity contribution in [2.45, 2.75) is 19.2 Å². The van der Waals surface area contributed by atoms with Crippen molar-refractivity contribution >= 4 is 44.8 Å². The van der Waals surface area contributed by atoms with Gasteiger partial charge < -0.3 is 18.8 Å². The Hall–Kier alpha value is -2.34. The Morgan fingerprint density at radius 2 is 1.94 bits per heavy atom. The van der Waals surface area contributed by atoms with Gasteiger partial charge in [-0.15, -0.1) is 0 Å². The third-order valence-corrected chi connectivity index (χ3v) is 5.41. The molecule has 3 heterocycles. The topological polar surface area (TPSA) is 85.7 Å². The Morgan fingerprint density at radius 3 is 2.62 bits per heavy atom. The summed E-state index contributed by atoms with van der Waals surface area (Å²) in [5, 5.41) is 13.6. The second-order valence-corrected chi connectivity index (χ2v) is 8.45. The van der Waals surface area contributed by atoms with Crippen LogP contribution in [-0.2, 0) is 6.18 Å². The van der Waals surface area contributed by atoms with Crippen molar-refractivity contribution in [1.29, 1.82) is 0 Å². The molecule has 0 bridgehead atoms. The van der Waals surface area contributed by atoms with E-state index < -0.39 is 17.8 Å². The van der Waals surface area contributed by atoms with Crippen molar-refractivity contribution < 1.29 is 27.5 Å². The summed E-state index contributed by atoms with van der Waals surface area (Å²) < 4.78 is 51.2. The third-order valence-electron chi connectivity index (χ3n) is 4.22. The van der Waals surface area contributed by atoms with Crippen molar-refractivity contribution in [3.63, 3.8) is 0 Å². The summed E-state index contributed by atoms with van der Waals surface area (Å²) in [6.07, 6.45) is -2.95. The summed E-state index contributed by atoms with van der Waals surface area (Å²) in [6.45, 7) is 1.59. The lowest BCUT2D eigenvalue weighted by molar-refractivity contribution is -0.137. The van der Waals surface area contributed by atoms with Gasteiger partial charge in [0.25, 0.3) is 5.89 Å². The maximum absolute atomic E-state index is 13.1. The van der Waals surface area contributed by atoms with Crippen LogP contribution in [0.2, 0.25) is 10.0 Å². The van der Waals surface area contributed by atoms with Gasteiger partial charge in [-0.3, -0.25) is 0 Å². The average Bonchev–Trinajstić information content (AvgIpc) is 3.34. The Labute approximate surface area is 196 Å². The maximum atomic E-state index is 13.1. The van der Waals surface area contributed by atoms with Gasteiger partial charge >= 0.3 is 6.18 Å². The molecular weight excluding hydrogens is 540 g/mol. The van der Waals surface area contributed by atoms with E-state index in [2.05, 4.69) is 31.1 Å². The molecule has 32 heavy (non-hydrogen) atoms. The first-order chi connectivity index (χ1) is 15.0. The number of alkyl halides is 3. The third kappa shape index (κ3) is 4.56. The standard InChI is InChI=1S/C19H12BrCl2F3N4O3/c1-8(30)7-31-15-4-12(21)10(3-13(15)22)16-27-18(32-28-16)14-6-29-5-9(19(23,24)25)2-11(20)17(29)26-14/h2-6,8,30H,7H2,1H3/t8-/m1/s1. The second-order valence-electron chi connectivity index (χ2n) is 6.78. The molecule has 7 nitrogen and oxygen atoms in total. The van der Waals surface area contributed by atoms with Gasteiger partial charge in [-0.25, -0.2) is 4.98 Å². The summed E-state index contributed by atoms with van der Waals surface area (Å²) in [5.74, 6) is 0.350. The van der Waals surface area contributed by atoms with Gasteiger partial charge in [0.05, 0.1) is 26.2 Å². The molecule has 13 heteroatoms. The first-order valence-electron chi connectivity index (χ1n) is 8.92. The molecule has 0 unspecified atom stereocenters. The highest BCUT2D eigenvalue weighted by molar-refractivity contribution is 9.10. The average molecular weight is 552 g/mol. The minimum Gasteiger partial charge on any atom is -0.489 e. The van der Waals surface area contributed by atoms with E-state index in [-0.39, 0.29) is 49.9 Å². The summed E-state index contributed by atoms with van der Waals surface area (Å²) >= 11 is 15.6. The Balaban J connectivity index is 1.68. The number of nitrogens with zero attached hydrogens (tertiary/aromatic N) is 4. The SMILES string of the molecule is C[C@@H](O)COc1cc(Cl)c(-c2noc(-c3cn4cc(C(F)(F)F)cc(Br)c4n3)n2)cc1Cl. The van der Waals surface area contributed by atoms with Crippen LogP contribution in [0.25, 0.3) is 28.6 Å². The molecule has 0 spiro atoms. The molecule has 0 fully saturated rings. The van der Waals surface area contributed by atoms with Gasteiger partial charge in [-0.2, -0.15) is 18.2 Å². The van der Waals surface area contributed by atoms with Crippen molar-refractivity contribution in [2.24, 2.45) is 0 Å². The van der Waals surface area contributed by atoms with E-state index in [0.717, 1.165) is 12.3 Å². The van der Waals surface area contributed by atoms with Crippen LogP contribution in [0, 0.1) is 0 Å². The smallest absolute Gasteiger partial charge is 0.417 e. The number of ether oxygens (including phenoxy) is 1. The molecule has 0 aliphatic rings. The summed E-state index contributed by atoms with van der Waals surface area (Å²) in [4.78, 5) is 8.49. The van der Waals surface area contributed by atoms with E-state index in [1.807, 2.05) is 0 Å². The van der Waals surface area contributed by atoms with Crippen LogP contribution in [0.3, 0.4) is 0 Å². The Morgan fingerprint density at radius 1 is 1.19 bits per heavy atom. The molecule has 1 aromatic carbocycles. The Kier molecular flexibility index (Phi) is 6.10. The largest absolute Gasteiger partial charge is 0.489 e. The molecule has 0 aliphatic carbocycles. The summed E-state index contributed by atoms with van der Waals surface area (Å²) in [5.41, 5.74) is -0.0805. The number of aliphatic hydroxyl groups is 1. The van der Waals surface area contributed by atoms with E-state index in [0.29, 0.717) is 5.56 Å². The van der Waals surface area contributed by atoms with Gasteiger partial charge in [0.1, 0.15) is 18.1 Å². The van der Waals surface area contributed by atoms with Crippen molar-refractivity contribution in [2.75, 3.05) is 6.61 Å². The zero-order valence-electron chi connectivity index (χ0n) is 16.0. The Bertz CT molecular complexity index is 1310. The molecule has 0 aliphatic heterocycles. The number of hydrogen-bond donors (Lipinski definition) is 1. The van der Waals surface area contributed by atoms with Crippen LogP contribution in [0.4, 0.5) is 13.2 Å². The highest BCUT2D eigenvalue weighted by atomic mass is 79.9. The molecule has 0 amide bonds. The maximum Gasteiger partial charge on any atom is 0.417 e. The number of aromatic nitrogens is 4. The van der Waals surface area contributed by atoms with Crippen LogP contribution in [0.5, 0.6) is 5.75 Å². The fraction of sp³-hybridized carbons (Fsp3) is 0.211. The van der Waals surface area contributed by atoms with E-state index in [9.17, 15) is 18.3 Å². The zero-order chi connectivity index (χ0) is 23.2. The molecule has 4 aromatic rings. The molecule has 0 saturated heterocycles. The molecule has 0 saturated carbocycles. The molecule has 168 valence electrons. The molecular formula is C19H12BrCl2F3N4O3. The van der Waals surface area contributed by atoms with E-state index in [1.165, 1.54) is 22.7 Å². The number of halogens is 6. The molecule has 1 atom stereocenters. The van der Waals surface area contributed by atoms with Crippen LogP contribution in [0.15, 0.2) is 39.6 Å². The lowest BCUT2D eigenvalue weighted by Crippen LogP contribution is -2.12. The highest BCUT2D eigenvalue weighted by Gasteiger charge is 2.32. The van der Waals surface area contributed by atoms with Crippen LogP contribution in [0.1, 0.15) is 12.5 Å². The monoisotopic (exact) mass is 550 g/mol. The number of aliphatic hydroxyl groups excluding tert-OH is 1. The first-order valence-corrected chi connectivity index (χ1v) is 10.5. The first kappa shape index (κ1) is 22.8. The predicted molar refractivity (Wildman–Crippen MR) is 114 cm³/mol. The van der Waals surface area contributed by atoms with Gasteiger partial charge in [0.15, 0.2) is 5.65 Å². The fourth-order valence-corrected chi connectivity index (χ4v) is 3.77. The number of imidazole rings is 1. The van der Waals surface area contributed by atoms with Crippen LogP contribution < -0.4 is 4.74 Å². The van der Waals surface area contributed by atoms with Crippen LogP contribution >= 0.6 is 39.1 Å². The second kappa shape index (κ2) is 8.54. The quantitative estimate of drug-likeness (QED) is 0.332. The van der Waals surface area contributed by atoms with Crippen LogP contribution in [-0.4, -0.2) is 37.3 Å². The number of pyridine rings is 1. The zero-order valence-corrected chi connectivity index (χ0v) is 19.1. The minimum atomic E-state index is -4.51. The van der Waals surface area contributed by atoms with Gasteiger partial charge in [-0.1, -0.05) is 28.4 Å².